The molecule has 1 atom stereocenters. The highest BCUT2D eigenvalue weighted by Crippen LogP contribution is 2.27. The van der Waals surface area contributed by atoms with Crippen LogP contribution in [0.3, 0.4) is 0 Å². The molecule has 0 radical (unpaired) electrons. The van der Waals surface area contributed by atoms with Gasteiger partial charge in [-0.25, -0.2) is 12.8 Å². The lowest BCUT2D eigenvalue weighted by Gasteiger charge is -2.32. The van der Waals surface area contributed by atoms with Crippen molar-refractivity contribution < 1.29 is 17.5 Å². The Balaban J connectivity index is 2.48. The second-order valence-electron chi connectivity index (χ2n) is 4.20. The fourth-order valence-corrected chi connectivity index (χ4v) is 3.75. The van der Waals surface area contributed by atoms with E-state index in [4.69, 9.17) is 10.5 Å². The van der Waals surface area contributed by atoms with Crippen molar-refractivity contribution in [3.63, 3.8) is 0 Å². The Bertz CT molecular complexity index is 527. The Morgan fingerprint density at radius 3 is 2.83 bits per heavy atom. The molecule has 1 heterocycles. The zero-order valence-corrected chi connectivity index (χ0v) is 10.8. The number of sulfonamides is 1. The number of anilines is 1. The molecule has 2 N–H and O–H groups in total. The lowest BCUT2D eigenvalue weighted by atomic mass is 10.3. The average Bonchev–Trinajstić information content (AvgIpc) is 2.28. The molecule has 5 nitrogen and oxygen atoms in total. The summed E-state index contributed by atoms with van der Waals surface area (Å²) in [5.41, 5.74) is 5.51. The van der Waals surface area contributed by atoms with Gasteiger partial charge < -0.3 is 10.5 Å². The minimum atomic E-state index is -3.92. The van der Waals surface area contributed by atoms with E-state index >= 15 is 0 Å². The summed E-state index contributed by atoms with van der Waals surface area (Å²) in [6.45, 7) is 2.52. The van der Waals surface area contributed by atoms with Gasteiger partial charge in [0.1, 0.15) is 10.7 Å². The van der Waals surface area contributed by atoms with E-state index < -0.39 is 20.7 Å². The average molecular weight is 274 g/mol. The lowest BCUT2D eigenvalue weighted by Crippen LogP contribution is -2.47. The van der Waals surface area contributed by atoms with E-state index in [0.717, 1.165) is 6.07 Å². The summed E-state index contributed by atoms with van der Waals surface area (Å²) in [6.07, 6.45) is 0. The number of hydrogen-bond donors (Lipinski definition) is 1. The molecular formula is C11H15FN2O3S. The van der Waals surface area contributed by atoms with Crippen molar-refractivity contribution in [2.45, 2.75) is 17.9 Å². The monoisotopic (exact) mass is 274 g/mol. The molecule has 1 aromatic carbocycles. The third kappa shape index (κ3) is 2.21. The lowest BCUT2D eigenvalue weighted by molar-refractivity contribution is 0.0392. The van der Waals surface area contributed by atoms with Crippen LogP contribution in [0.1, 0.15) is 6.92 Å². The largest absolute Gasteiger partial charge is 0.398 e. The Kier molecular flexibility index (Phi) is 3.56. The highest BCUT2D eigenvalue weighted by molar-refractivity contribution is 7.89. The van der Waals surface area contributed by atoms with Crippen LogP contribution in [0.4, 0.5) is 10.1 Å². The topological polar surface area (TPSA) is 72.6 Å². The molecule has 0 spiro atoms. The van der Waals surface area contributed by atoms with Gasteiger partial charge in [-0.05, 0) is 19.1 Å². The molecule has 18 heavy (non-hydrogen) atoms. The Morgan fingerprint density at radius 1 is 1.50 bits per heavy atom. The van der Waals surface area contributed by atoms with Gasteiger partial charge in [0.05, 0.1) is 18.9 Å². The van der Waals surface area contributed by atoms with Gasteiger partial charge in [0.15, 0.2) is 0 Å². The van der Waals surface area contributed by atoms with Gasteiger partial charge in [-0.15, -0.1) is 0 Å². The molecule has 0 aliphatic carbocycles. The third-order valence-electron chi connectivity index (χ3n) is 2.87. The molecule has 0 amide bonds. The summed E-state index contributed by atoms with van der Waals surface area (Å²) in [6, 6.07) is 3.52. The molecular weight excluding hydrogens is 259 g/mol. The van der Waals surface area contributed by atoms with Gasteiger partial charge in [-0.3, -0.25) is 0 Å². The first-order valence-electron chi connectivity index (χ1n) is 5.58. The summed E-state index contributed by atoms with van der Waals surface area (Å²) in [4.78, 5) is -0.446. The number of halogens is 1. The first-order valence-corrected chi connectivity index (χ1v) is 7.02. The van der Waals surface area contributed by atoms with Crippen molar-refractivity contribution in [1.82, 2.24) is 4.31 Å². The smallest absolute Gasteiger partial charge is 0.248 e. The van der Waals surface area contributed by atoms with Crippen molar-refractivity contribution in [2.75, 3.05) is 25.5 Å². The fraction of sp³-hybridized carbons (Fsp3) is 0.455. The number of nitrogens with zero attached hydrogens (tertiary/aromatic N) is 1. The Morgan fingerprint density at radius 2 is 2.22 bits per heavy atom. The number of rotatable bonds is 2. The van der Waals surface area contributed by atoms with Gasteiger partial charge in [0.2, 0.25) is 10.0 Å². The van der Waals surface area contributed by atoms with Crippen LogP contribution in [0.5, 0.6) is 0 Å². The molecule has 7 heteroatoms. The van der Waals surface area contributed by atoms with E-state index in [1.165, 1.54) is 16.4 Å². The Labute approximate surface area is 105 Å². The van der Waals surface area contributed by atoms with E-state index in [2.05, 4.69) is 0 Å². The van der Waals surface area contributed by atoms with Gasteiger partial charge in [-0.2, -0.15) is 4.31 Å². The first kappa shape index (κ1) is 13.3. The second kappa shape index (κ2) is 4.83. The Hall–Kier alpha value is -1.18. The van der Waals surface area contributed by atoms with Crippen LogP contribution in [-0.2, 0) is 14.8 Å². The summed E-state index contributed by atoms with van der Waals surface area (Å²) < 4.78 is 44.9. The SMILES string of the molecule is C[C@@H]1COCCN1S(=O)(=O)c1c(N)cccc1F. The number of ether oxygens (including phenoxy) is 1. The molecule has 1 fully saturated rings. The van der Waals surface area contributed by atoms with Crippen LogP contribution in [-0.4, -0.2) is 38.5 Å². The quantitative estimate of drug-likeness (QED) is 0.810. The van der Waals surface area contributed by atoms with E-state index in [0.29, 0.717) is 13.2 Å². The predicted molar refractivity (Wildman–Crippen MR) is 65.0 cm³/mol. The van der Waals surface area contributed by atoms with E-state index in [1.54, 1.807) is 6.92 Å². The summed E-state index contributed by atoms with van der Waals surface area (Å²) in [5.74, 6) is -0.825. The van der Waals surface area contributed by atoms with Crippen LogP contribution >= 0.6 is 0 Å². The first-order chi connectivity index (χ1) is 8.44. The molecule has 0 saturated carbocycles. The number of morpholine rings is 1. The third-order valence-corrected chi connectivity index (χ3v) is 4.98. The maximum absolute atomic E-state index is 13.7. The maximum atomic E-state index is 13.7. The zero-order valence-electron chi connectivity index (χ0n) is 9.97. The molecule has 1 aliphatic heterocycles. The molecule has 0 bridgehead atoms. The highest BCUT2D eigenvalue weighted by atomic mass is 32.2. The van der Waals surface area contributed by atoms with Gasteiger partial charge >= 0.3 is 0 Å². The zero-order chi connectivity index (χ0) is 13.3. The molecule has 100 valence electrons. The minimum Gasteiger partial charge on any atom is -0.398 e. The normalized spacial score (nSPS) is 22.0. The number of benzene rings is 1. The van der Waals surface area contributed by atoms with Crippen molar-refractivity contribution in [1.29, 1.82) is 0 Å². The molecule has 1 saturated heterocycles. The van der Waals surface area contributed by atoms with Crippen molar-refractivity contribution in [3.05, 3.63) is 24.0 Å². The summed E-state index contributed by atoms with van der Waals surface area (Å²) in [5, 5.41) is 0. The van der Waals surface area contributed by atoms with Crippen molar-refractivity contribution in [2.24, 2.45) is 0 Å². The van der Waals surface area contributed by atoms with Crippen LogP contribution in [0, 0.1) is 5.82 Å². The molecule has 0 unspecified atom stereocenters. The second-order valence-corrected chi connectivity index (χ2v) is 6.03. The van der Waals surface area contributed by atoms with Gasteiger partial charge in [0.25, 0.3) is 0 Å². The molecule has 1 aromatic rings. The van der Waals surface area contributed by atoms with E-state index in [1.807, 2.05) is 0 Å². The number of nitrogens with two attached hydrogens (primary N) is 1. The van der Waals surface area contributed by atoms with Crippen LogP contribution in [0.25, 0.3) is 0 Å². The van der Waals surface area contributed by atoms with Crippen molar-refractivity contribution >= 4 is 15.7 Å². The fourth-order valence-electron chi connectivity index (χ4n) is 1.98. The molecule has 1 aliphatic rings. The number of hydrogen-bond acceptors (Lipinski definition) is 4. The van der Waals surface area contributed by atoms with Crippen LogP contribution in [0.15, 0.2) is 23.1 Å². The maximum Gasteiger partial charge on any atom is 0.248 e. The predicted octanol–water partition coefficient (Wildman–Crippen LogP) is 0.817. The summed E-state index contributed by atoms with van der Waals surface area (Å²) >= 11 is 0. The standard InChI is InChI=1S/C11H15FN2O3S/c1-8-7-17-6-5-14(8)18(15,16)11-9(12)3-2-4-10(11)13/h2-4,8H,5-7,13H2,1H3/t8-/m1/s1. The van der Waals surface area contributed by atoms with E-state index in [-0.39, 0.29) is 18.3 Å². The highest BCUT2D eigenvalue weighted by Gasteiger charge is 2.34. The van der Waals surface area contributed by atoms with Gasteiger partial charge in [0, 0.05) is 12.6 Å². The number of nitrogen functional groups attached to an aromatic ring is 1. The van der Waals surface area contributed by atoms with Crippen LogP contribution < -0.4 is 5.73 Å². The molecule has 2 rings (SSSR count). The van der Waals surface area contributed by atoms with Gasteiger partial charge in [-0.1, -0.05) is 6.07 Å². The summed E-state index contributed by atoms with van der Waals surface area (Å²) in [7, 11) is -3.92. The molecule has 0 aromatic heterocycles. The van der Waals surface area contributed by atoms with Crippen LogP contribution in [0.2, 0.25) is 0 Å². The van der Waals surface area contributed by atoms with E-state index in [9.17, 15) is 12.8 Å². The van der Waals surface area contributed by atoms with Crippen molar-refractivity contribution in [3.8, 4) is 0 Å². The minimum absolute atomic E-state index is 0.0753.